The lowest BCUT2D eigenvalue weighted by Crippen LogP contribution is -2.04. The summed E-state index contributed by atoms with van der Waals surface area (Å²) in [7, 11) is 0. The molecule has 0 spiro atoms. The number of carbonyl (C=O) groups is 1. The number of fused-ring (bicyclic) bond motifs is 1. The number of benzene rings is 3. The number of nitrogens with zero attached hydrogens (tertiary/aromatic N) is 1. The second-order valence-electron chi connectivity index (χ2n) is 7.08. The predicted molar refractivity (Wildman–Crippen MR) is 114 cm³/mol. The van der Waals surface area contributed by atoms with Crippen LogP contribution in [0.1, 0.15) is 35.0 Å². The van der Waals surface area contributed by atoms with Gasteiger partial charge in [-0.1, -0.05) is 74.0 Å². The van der Waals surface area contributed by atoms with Gasteiger partial charge in [-0.15, -0.1) is 0 Å². The number of para-hydroxylation sites is 1. The summed E-state index contributed by atoms with van der Waals surface area (Å²) in [5.74, 6) is -0.900. The Kier molecular flexibility index (Phi) is 4.98. The molecule has 0 bridgehead atoms. The maximum atomic E-state index is 11.5. The van der Waals surface area contributed by atoms with Crippen LogP contribution in [0, 0.1) is 0 Å². The molecule has 0 radical (unpaired) electrons. The van der Waals surface area contributed by atoms with E-state index in [1.165, 1.54) is 22.2 Å². The number of aromatic nitrogens is 1. The predicted octanol–water partition coefficient (Wildman–Crippen LogP) is 6.01. The molecule has 0 unspecified atom stereocenters. The zero-order valence-corrected chi connectivity index (χ0v) is 15.9. The van der Waals surface area contributed by atoms with Gasteiger partial charge in [0.1, 0.15) is 0 Å². The fraction of sp³-hybridized carbons (Fsp3) is 0.160. The molecule has 3 nitrogen and oxygen atoms in total. The Labute approximate surface area is 164 Å². The zero-order chi connectivity index (χ0) is 19.5. The number of carboxylic acid groups (broad SMARTS) is 1. The van der Waals surface area contributed by atoms with E-state index in [4.69, 9.17) is 0 Å². The number of rotatable bonds is 6. The molecule has 3 heteroatoms. The highest BCUT2D eigenvalue weighted by Gasteiger charge is 2.12. The Hall–Kier alpha value is -3.33. The summed E-state index contributed by atoms with van der Waals surface area (Å²) < 4.78 is 2.39. The second-order valence-corrected chi connectivity index (χ2v) is 7.08. The first-order valence-corrected chi connectivity index (χ1v) is 9.66. The Bertz CT molecular complexity index is 1120. The average molecular weight is 369 g/mol. The number of carboxylic acids is 1. The van der Waals surface area contributed by atoms with Crippen LogP contribution < -0.4 is 0 Å². The first kappa shape index (κ1) is 18.1. The van der Waals surface area contributed by atoms with E-state index in [1.54, 1.807) is 12.1 Å². The minimum absolute atomic E-state index is 0.330. The van der Waals surface area contributed by atoms with Crippen molar-refractivity contribution in [2.24, 2.45) is 0 Å². The molecular formula is C25H23NO2. The molecule has 0 aliphatic carbocycles. The van der Waals surface area contributed by atoms with Gasteiger partial charge in [-0.2, -0.15) is 0 Å². The van der Waals surface area contributed by atoms with E-state index in [-0.39, 0.29) is 0 Å². The lowest BCUT2D eigenvalue weighted by atomic mass is 9.99. The van der Waals surface area contributed by atoms with Gasteiger partial charge in [0.15, 0.2) is 0 Å². The van der Waals surface area contributed by atoms with Gasteiger partial charge in [-0.3, -0.25) is 0 Å². The Morgan fingerprint density at radius 2 is 1.64 bits per heavy atom. The van der Waals surface area contributed by atoms with Crippen LogP contribution in [0.25, 0.3) is 22.0 Å². The molecule has 4 aromatic rings. The standard InChI is InChI=1S/C25H23NO2/c1-2-7-21-16-20-8-3-6-11-24(20)26(21)17-18-12-14-19(15-13-18)22-9-4-5-10-23(22)25(27)28/h3-6,8-16H,2,7,17H2,1H3,(H,27,28). The van der Waals surface area contributed by atoms with Crippen molar-refractivity contribution in [2.75, 3.05) is 0 Å². The van der Waals surface area contributed by atoms with E-state index in [2.05, 4.69) is 54.0 Å². The molecule has 0 saturated heterocycles. The van der Waals surface area contributed by atoms with Crippen LogP contribution in [0.2, 0.25) is 0 Å². The number of aromatic carboxylic acids is 1. The van der Waals surface area contributed by atoms with Crippen LogP contribution in [0.3, 0.4) is 0 Å². The maximum absolute atomic E-state index is 11.5. The molecule has 0 aliphatic rings. The summed E-state index contributed by atoms with van der Waals surface area (Å²) in [6, 6.07) is 26.1. The molecule has 0 amide bonds. The van der Waals surface area contributed by atoms with Crippen molar-refractivity contribution < 1.29 is 9.90 Å². The zero-order valence-electron chi connectivity index (χ0n) is 15.9. The normalized spacial score (nSPS) is 11.0. The smallest absolute Gasteiger partial charge is 0.336 e. The first-order chi connectivity index (χ1) is 13.7. The lowest BCUT2D eigenvalue weighted by Gasteiger charge is -2.12. The molecule has 0 atom stereocenters. The molecule has 0 saturated carbocycles. The van der Waals surface area contributed by atoms with Crippen molar-refractivity contribution in [2.45, 2.75) is 26.3 Å². The highest BCUT2D eigenvalue weighted by molar-refractivity contribution is 5.96. The van der Waals surface area contributed by atoms with Gasteiger partial charge in [0.25, 0.3) is 0 Å². The molecule has 28 heavy (non-hydrogen) atoms. The Balaban J connectivity index is 1.67. The third kappa shape index (κ3) is 3.44. The van der Waals surface area contributed by atoms with Gasteiger partial charge >= 0.3 is 5.97 Å². The summed E-state index contributed by atoms with van der Waals surface area (Å²) in [6.07, 6.45) is 2.17. The molecule has 1 aromatic heterocycles. The maximum Gasteiger partial charge on any atom is 0.336 e. The summed E-state index contributed by atoms with van der Waals surface area (Å²) >= 11 is 0. The molecule has 0 aliphatic heterocycles. The van der Waals surface area contributed by atoms with E-state index in [0.29, 0.717) is 5.56 Å². The molecule has 4 rings (SSSR count). The van der Waals surface area contributed by atoms with Crippen LogP contribution >= 0.6 is 0 Å². The van der Waals surface area contributed by atoms with Crippen LogP contribution in [-0.2, 0) is 13.0 Å². The van der Waals surface area contributed by atoms with Crippen molar-refractivity contribution in [1.29, 1.82) is 0 Å². The highest BCUT2D eigenvalue weighted by Crippen LogP contribution is 2.26. The molecule has 1 heterocycles. The summed E-state index contributed by atoms with van der Waals surface area (Å²) in [5.41, 5.74) is 5.81. The second kappa shape index (κ2) is 7.73. The van der Waals surface area contributed by atoms with Gasteiger partial charge in [-0.05, 0) is 46.7 Å². The minimum atomic E-state index is -0.900. The Morgan fingerprint density at radius 1 is 0.929 bits per heavy atom. The third-order valence-electron chi connectivity index (χ3n) is 5.17. The van der Waals surface area contributed by atoms with E-state index in [1.807, 2.05) is 24.3 Å². The largest absolute Gasteiger partial charge is 0.478 e. The fourth-order valence-electron chi connectivity index (χ4n) is 3.81. The van der Waals surface area contributed by atoms with E-state index in [9.17, 15) is 9.90 Å². The van der Waals surface area contributed by atoms with Gasteiger partial charge in [0.05, 0.1) is 5.56 Å². The monoisotopic (exact) mass is 369 g/mol. The third-order valence-corrected chi connectivity index (χ3v) is 5.17. The van der Waals surface area contributed by atoms with Crippen molar-refractivity contribution in [3.8, 4) is 11.1 Å². The first-order valence-electron chi connectivity index (χ1n) is 9.66. The SMILES string of the molecule is CCCc1cc2ccccc2n1Cc1ccc(-c2ccccc2C(=O)O)cc1. The minimum Gasteiger partial charge on any atom is -0.478 e. The Morgan fingerprint density at radius 3 is 2.39 bits per heavy atom. The molecule has 140 valence electrons. The quantitative estimate of drug-likeness (QED) is 0.452. The number of aryl methyl sites for hydroxylation is 1. The summed E-state index contributed by atoms with van der Waals surface area (Å²) in [5, 5.41) is 10.7. The topological polar surface area (TPSA) is 42.2 Å². The lowest BCUT2D eigenvalue weighted by molar-refractivity contribution is 0.0697. The summed E-state index contributed by atoms with van der Waals surface area (Å²) in [4.78, 5) is 11.5. The van der Waals surface area contributed by atoms with Gasteiger partial charge < -0.3 is 9.67 Å². The number of hydrogen-bond donors (Lipinski definition) is 1. The molecular weight excluding hydrogens is 346 g/mol. The highest BCUT2D eigenvalue weighted by atomic mass is 16.4. The summed E-state index contributed by atoms with van der Waals surface area (Å²) in [6.45, 7) is 3.01. The molecule has 1 N–H and O–H groups in total. The van der Waals surface area contributed by atoms with Gasteiger partial charge in [0.2, 0.25) is 0 Å². The average Bonchev–Trinajstić information content (AvgIpc) is 3.06. The van der Waals surface area contributed by atoms with Gasteiger partial charge in [0, 0.05) is 17.8 Å². The van der Waals surface area contributed by atoms with Crippen molar-refractivity contribution in [1.82, 2.24) is 4.57 Å². The van der Waals surface area contributed by atoms with Crippen LogP contribution in [0.5, 0.6) is 0 Å². The van der Waals surface area contributed by atoms with Crippen LogP contribution in [-0.4, -0.2) is 15.6 Å². The van der Waals surface area contributed by atoms with E-state index >= 15 is 0 Å². The van der Waals surface area contributed by atoms with Crippen molar-refractivity contribution >= 4 is 16.9 Å². The molecule has 3 aromatic carbocycles. The molecule has 0 fully saturated rings. The van der Waals surface area contributed by atoms with Crippen LogP contribution in [0.4, 0.5) is 0 Å². The van der Waals surface area contributed by atoms with Crippen molar-refractivity contribution in [3.05, 3.63) is 95.7 Å². The fourth-order valence-corrected chi connectivity index (χ4v) is 3.81. The van der Waals surface area contributed by atoms with Crippen LogP contribution in [0.15, 0.2) is 78.9 Å². The number of hydrogen-bond acceptors (Lipinski definition) is 1. The van der Waals surface area contributed by atoms with E-state index < -0.39 is 5.97 Å². The van der Waals surface area contributed by atoms with Gasteiger partial charge in [-0.25, -0.2) is 4.79 Å². The van der Waals surface area contributed by atoms with Crippen molar-refractivity contribution in [3.63, 3.8) is 0 Å². The van der Waals surface area contributed by atoms with E-state index in [0.717, 1.165) is 30.5 Å².